The highest BCUT2D eigenvalue weighted by Crippen LogP contribution is 2.42. The fraction of sp³-hybridized carbons (Fsp3) is 0.647. The van der Waals surface area contributed by atoms with Crippen molar-refractivity contribution in [2.45, 2.75) is 45.1 Å². The van der Waals surface area contributed by atoms with E-state index in [9.17, 15) is 0 Å². The Morgan fingerprint density at radius 1 is 1.10 bits per heavy atom. The predicted molar refractivity (Wildman–Crippen MR) is 82.5 cm³/mol. The van der Waals surface area contributed by atoms with Crippen LogP contribution in [0.2, 0.25) is 0 Å². The second-order valence-corrected chi connectivity index (χ2v) is 5.93. The van der Waals surface area contributed by atoms with Crippen LogP contribution in [0.4, 0.5) is 0 Å². The van der Waals surface area contributed by atoms with Crippen molar-refractivity contribution >= 4 is 0 Å². The summed E-state index contributed by atoms with van der Waals surface area (Å²) in [6, 6.07) is 6.12. The van der Waals surface area contributed by atoms with Crippen LogP contribution in [-0.4, -0.2) is 20.8 Å². The number of benzene rings is 1. The minimum absolute atomic E-state index is 0.0175. The van der Waals surface area contributed by atoms with Gasteiger partial charge in [-0.15, -0.1) is 0 Å². The van der Waals surface area contributed by atoms with E-state index in [1.54, 1.807) is 14.2 Å². The molecule has 1 heterocycles. The zero-order valence-electron chi connectivity index (χ0n) is 13.2. The molecule has 1 aromatic rings. The summed E-state index contributed by atoms with van der Waals surface area (Å²) in [5, 5.41) is 3.80. The first-order valence-electron chi connectivity index (χ1n) is 7.61. The third kappa shape index (κ3) is 2.78. The lowest BCUT2D eigenvalue weighted by molar-refractivity contribution is 0.221. The predicted octanol–water partition coefficient (Wildman–Crippen LogP) is 3.72. The summed E-state index contributed by atoms with van der Waals surface area (Å²) in [7, 11) is 3.46. The quantitative estimate of drug-likeness (QED) is 0.910. The Bertz CT molecular complexity index is 435. The number of hydrogen-bond donors (Lipinski definition) is 1. The topological polar surface area (TPSA) is 30.5 Å². The Hall–Kier alpha value is -1.22. The molecule has 20 heavy (non-hydrogen) atoms. The second-order valence-electron chi connectivity index (χ2n) is 5.93. The molecule has 0 aliphatic carbocycles. The molecule has 1 aliphatic rings. The number of methoxy groups -OCH3 is 2. The van der Waals surface area contributed by atoms with Gasteiger partial charge in [-0.25, -0.2) is 0 Å². The van der Waals surface area contributed by atoms with Gasteiger partial charge in [-0.2, -0.15) is 0 Å². The molecule has 0 radical (unpaired) electrons. The highest BCUT2D eigenvalue weighted by molar-refractivity contribution is 5.45. The summed E-state index contributed by atoms with van der Waals surface area (Å²) in [6.45, 7) is 5.65. The van der Waals surface area contributed by atoms with E-state index in [1.165, 1.54) is 24.8 Å². The SMILES string of the molecule is COc1ccc(OC)c(C2(C(C)C)CCCCCN2)c1. The molecule has 0 amide bonds. The summed E-state index contributed by atoms with van der Waals surface area (Å²) in [5.74, 6) is 2.35. The van der Waals surface area contributed by atoms with Crippen molar-refractivity contribution in [3.63, 3.8) is 0 Å². The van der Waals surface area contributed by atoms with Gasteiger partial charge in [0.2, 0.25) is 0 Å². The lowest BCUT2D eigenvalue weighted by atomic mass is 9.76. The molecular weight excluding hydrogens is 250 g/mol. The van der Waals surface area contributed by atoms with E-state index in [0.29, 0.717) is 5.92 Å². The molecule has 1 atom stereocenters. The first-order valence-corrected chi connectivity index (χ1v) is 7.61. The summed E-state index contributed by atoms with van der Waals surface area (Å²) in [5.41, 5.74) is 1.22. The molecule has 1 aromatic carbocycles. The van der Waals surface area contributed by atoms with Crippen molar-refractivity contribution in [1.82, 2.24) is 5.32 Å². The number of rotatable bonds is 4. The van der Waals surface area contributed by atoms with Gasteiger partial charge in [0.1, 0.15) is 11.5 Å². The fourth-order valence-electron chi connectivity index (χ4n) is 3.30. The van der Waals surface area contributed by atoms with Crippen molar-refractivity contribution < 1.29 is 9.47 Å². The Balaban J connectivity index is 2.52. The minimum atomic E-state index is -0.0175. The summed E-state index contributed by atoms with van der Waals surface area (Å²) >= 11 is 0. The van der Waals surface area contributed by atoms with Crippen LogP contribution in [0.15, 0.2) is 18.2 Å². The smallest absolute Gasteiger partial charge is 0.124 e. The monoisotopic (exact) mass is 277 g/mol. The van der Waals surface area contributed by atoms with Crippen molar-refractivity contribution in [3.8, 4) is 11.5 Å². The van der Waals surface area contributed by atoms with Crippen LogP contribution in [0.3, 0.4) is 0 Å². The molecule has 3 nitrogen and oxygen atoms in total. The summed E-state index contributed by atoms with van der Waals surface area (Å²) < 4.78 is 11.0. The maximum absolute atomic E-state index is 5.62. The van der Waals surface area contributed by atoms with Crippen LogP contribution in [0.25, 0.3) is 0 Å². The maximum atomic E-state index is 5.62. The van der Waals surface area contributed by atoms with E-state index in [4.69, 9.17) is 9.47 Å². The van der Waals surface area contributed by atoms with Gasteiger partial charge in [0.05, 0.1) is 14.2 Å². The van der Waals surface area contributed by atoms with E-state index in [-0.39, 0.29) is 5.54 Å². The maximum Gasteiger partial charge on any atom is 0.124 e. The van der Waals surface area contributed by atoms with Gasteiger partial charge >= 0.3 is 0 Å². The van der Waals surface area contributed by atoms with Crippen molar-refractivity contribution in [3.05, 3.63) is 23.8 Å². The molecule has 3 heteroatoms. The Kier molecular flexibility index (Phi) is 4.92. The van der Waals surface area contributed by atoms with Crippen molar-refractivity contribution in [2.24, 2.45) is 5.92 Å². The van der Waals surface area contributed by atoms with Gasteiger partial charge in [-0.05, 0) is 43.5 Å². The molecular formula is C17H27NO2. The van der Waals surface area contributed by atoms with Crippen LogP contribution < -0.4 is 14.8 Å². The Morgan fingerprint density at radius 2 is 1.90 bits per heavy atom. The van der Waals surface area contributed by atoms with E-state index in [0.717, 1.165) is 24.5 Å². The molecule has 1 aliphatic heterocycles. The summed E-state index contributed by atoms with van der Waals surface area (Å²) in [6.07, 6.45) is 4.95. The van der Waals surface area contributed by atoms with Gasteiger partial charge in [0.15, 0.2) is 0 Å². The Morgan fingerprint density at radius 3 is 2.55 bits per heavy atom. The fourth-order valence-corrected chi connectivity index (χ4v) is 3.30. The molecule has 2 rings (SSSR count). The molecule has 112 valence electrons. The molecule has 1 unspecified atom stereocenters. The highest BCUT2D eigenvalue weighted by Gasteiger charge is 2.38. The summed E-state index contributed by atoms with van der Waals surface area (Å²) in [4.78, 5) is 0. The van der Waals surface area contributed by atoms with Crippen LogP contribution >= 0.6 is 0 Å². The zero-order chi connectivity index (χ0) is 14.6. The molecule has 1 fully saturated rings. The third-order valence-corrected chi connectivity index (χ3v) is 4.56. The van der Waals surface area contributed by atoms with Crippen LogP contribution in [-0.2, 0) is 5.54 Å². The zero-order valence-corrected chi connectivity index (χ0v) is 13.2. The molecule has 0 spiro atoms. The molecule has 0 bridgehead atoms. The average Bonchev–Trinajstić information content (AvgIpc) is 2.73. The minimum Gasteiger partial charge on any atom is -0.497 e. The average molecular weight is 277 g/mol. The normalized spacial score (nSPS) is 23.4. The highest BCUT2D eigenvalue weighted by atomic mass is 16.5. The first kappa shape index (κ1) is 15.2. The van der Waals surface area contributed by atoms with Crippen molar-refractivity contribution in [2.75, 3.05) is 20.8 Å². The number of hydrogen-bond acceptors (Lipinski definition) is 3. The van der Waals surface area contributed by atoms with Gasteiger partial charge < -0.3 is 14.8 Å². The largest absolute Gasteiger partial charge is 0.497 e. The number of ether oxygens (including phenoxy) is 2. The molecule has 1 saturated heterocycles. The van der Waals surface area contributed by atoms with Gasteiger partial charge in [0.25, 0.3) is 0 Å². The first-order chi connectivity index (χ1) is 9.64. The van der Waals surface area contributed by atoms with Crippen LogP contribution in [0.1, 0.15) is 45.1 Å². The van der Waals surface area contributed by atoms with Crippen LogP contribution in [0.5, 0.6) is 11.5 Å². The molecule has 0 saturated carbocycles. The van der Waals surface area contributed by atoms with Gasteiger partial charge in [-0.3, -0.25) is 0 Å². The van der Waals surface area contributed by atoms with Gasteiger partial charge in [0, 0.05) is 11.1 Å². The standard InChI is InChI=1S/C17H27NO2/c1-13(2)17(10-6-5-7-11-18-17)15-12-14(19-3)8-9-16(15)20-4/h8-9,12-13,18H,5-7,10-11H2,1-4H3. The molecule has 1 N–H and O–H groups in total. The lowest BCUT2D eigenvalue weighted by Gasteiger charge is -2.39. The van der Waals surface area contributed by atoms with Crippen molar-refractivity contribution in [1.29, 1.82) is 0 Å². The van der Waals surface area contributed by atoms with E-state index in [2.05, 4.69) is 25.2 Å². The van der Waals surface area contributed by atoms with E-state index >= 15 is 0 Å². The number of nitrogens with one attached hydrogen (secondary N) is 1. The third-order valence-electron chi connectivity index (χ3n) is 4.56. The van der Waals surface area contributed by atoms with E-state index in [1.807, 2.05) is 12.1 Å². The lowest BCUT2D eigenvalue weighted by Crippen LogP contribution is -2.46. The van der Waals surface area contributed by atoms with Gasteiger partial charge in [-0.1, -0.05) is 26.7 Å². The van der Waals surface area contributed by atoms with E-state index < -0.39 is 0 Å². The second kappa shape index (κ2) is 6.49. The van der Waals surface area contributed by atoms with Crippen LogP contribution in [0, 0.1) is 5.92 Å². The molecule has 0 aromatic heterocycles. The Labute approximate surface area is 122 Å².